The van der Waals surface area contributed by atoms with Gasteiger partial charge in [0.1, 0.15) is 0 Å². The van der Waals surface area contributed by atoms with Crippen LogP contribution >= 0.6 is 0 Å². The second-order valence-corrected chi connectivity index (χ2v) is 4.92. The third-order valence-electron chi connectivity index (χ3n) is 3.69. The average Bonchev–Trinajstić information content (AvgIpc) is 2.85. The molecule has 7 nitrogen and oxygen atoms in total. The van der Waals surface area contributed by atoms with Crippen LogP contribution in [0.3, 0.4) is 0 Å². The van der Waals surface area contributed by atoms with Gasteiger partial charge in [0, 0.05) is 29.0 Å². The standard InChI is InChI=1S/C14H18N6O/c1-3-10(8-15)14(19-20-16)17-11-6-5-9(13(21)4-2)7-12(11)18-14/h5-8,10,15,17-18H,3-4H2,1-2H3/t10?,14-/m0/s1. The Labute approximate surface area is 122 Å². The minimum atomic E-state index is -1.10. The highest BCUT2D eigenvalue weighted by molar-refractivity contribution is 5.98. The largest absolute Gasteiger partial charge is 0.356 e. The van der Waals surface area contributed by atoms with Crippen LogP contribution in [-0.2, 0) is 0 Å². The normalized spacial score (nSPS) is 20.5. The van der Waals surface area contributed by atoms with E-state index in [9.17, 15) is 4.79 Å². The maximum absolute atomic E-state index is 11.8. The molecule has 1 unspecified atom stereocenters. The molecule has 1 aliphatic heterocycles. The summed E-state index contributed by atoms with van der Waals surface area (Å²) < 4.78 is 0. The molecule has 0 aliphatic carbocycles. The highest BCUT2D eigenvalue weighted by atomic mass is 16.1. The third kappa shape index (κ3) is 2.55. The number of anilines is 2. The number of nitrogens with zero attached hydrogens (tertiary/aromatic N) is 3. The van der Waals surface area contributed by atoms with Crippen molar-refractivity contribution in [1.29, 1.82) is 5.41 Å². The van der Waals surface area contributed by atoms with Crippen molar-refractivity contribution in [2.45, 2.75) is 32.5 Å². The van der Waals surface area contributed by atoms with Crippen LogP contribution in [0.15, 0.2) is 23.3 Å². The molecule has 7 heteroatoms. The predicted octanol–water partition coefficient (Wildman–Crippen LogP) is 3.76. The number of hydrogen-bond acceptors (Lipinski definition) is 5. The van der Waals surface area contributed by atoms with E-state index in [-0.39, 0.29) is 11.7 Å². The Bertz CT molecular complexity index is 622. The summed E-state index contributed by atoms with van der Waals surface area (Å²) in [5.74, 6) is -1.34. The second kappa shape index (κ2) is 5.85. The number of Topliss-reactive ketones (excluding diaryl/α,β-unsaturated/α-hetero) is 1. The molecule has 2 atom stereocenters. The van der Waals surface area contributed by atoms with Crippen molar-refractivity contribution in [2.24, 2.45) is 11.0 Å². The van der Waals surface area contributed by atoms with Crippen LogP contribution in [0, 0.1) is 11.3 Å². The molecule has 1 heterocycles. The molecule has 0 spiro atoms. The van der Waals surface area contributed by atoms with Crippen LogP contribution in [0.4, 0.5) is 11.4 Å². The van der Waals surface area contributed by atoms with E-state index in [1.54, 1.807) is 18.2 Å². The number of hydrogen-bond donors (Lipinski definition) is 3. The van der Waals surface area contributed by atoms with Crippen molar-refractivity contribution in [3.8, 4) is 0 Å². The average molecular weight is 286 g/mol. The molecular weight excluding hydrogens is 268 g/mol. The van der Waals surface area contributed by atoms with E-state index >= 15 is 0 Å². The van der Waals surface area contributed by atoms with Gasteiger partial charge in [-0.2, -0.15) is 0 Å². The molecule has 1 aromatic carbocycles. The van der Waals surface area contributed by atoms with Crippen molar-refractivity contribution in [3.63, 3.8) is 0 Å². The Hall–Kier alpha value is -2.53. The number of nitrogens with one attached hydrogen (secondary N) is 3. The first-order valence-electron chi connectivity index (χ1n) is 6.90. The molecule has 0 aromatic heterocycles. The van der Waals surface area contributed by atoms with E-state index in [1.807, 2.05) is 13.8 Å². The van der Waals surface area contributed by atoms with E-state index in [0.717, 1.165) is 5.69 Å². The first kappa shape index (κ1) is 14.9. The number of ketones is 1. The highest BCUT2D eigenvalue weighted by Crippen LogP contribution is 2.39. The van der Waals surface area contributed by atoms with Gasteiger partial charge < -0.3 is 16.0 Å². The van der Waals surface area contributed by atoms with E-state index in [0.29, 0.717) is 24.1 Å². The summed E-state index contributed by atoms with van der Waals surface area (Å²) in [6.07, 6.45) is 2.34. The topological polar surface area (TPSA) is 114 Å². The van der Waals surface area contributed by atoms with Crippen LogP contribution in [0.25, 0.3) is 10.4 Å². The Morgan fingerprint density at radius 1 is 1.48 bits per heavy atom. The molecule has 3 N–H and O–H groups in total. The van der Waals surface area contributed by atoms with Crippen molar-refractivity contribution in [3.05, 3.63) is 34.2 Å². The van der Waals surface area contributed by atoms with Crippen molar-refractivity contribution < 1.29 is 4.79 Å². The van der Waals surface area contributed by atoms with Gasteiger partial charge in [0.2, 0.25) is 0 Å². The Balaban J connectivity index is 2.41. The fourth-order valence-corrected chi connectivity index (χ4v) is 2.49. The van der Waals surface area contributed by atoms with Crippen LogP contribution in [0.5, 0.6) is 0 Å². The van der Waals surface area contributed by atoms with Gasteiger partial charge in [-0.3, -0.25) is 4.79 Å². The Morgan fingerprint density at radius 2 is 2.19 bits per heavy atom. The van der Waals surface area contributed by atoms with Crippen molar-refractivity contribution >= 4 is 23.4 Å². The molecule has 0 saturated carbocycles. The van der Waals surface area contributed by atoms with Gasteiger partial charge in [0.05, 0.1) is 11.4 Å². The zero-order valence-electron chi connectivity index (χ0n) is 12.1. The number of azide groups is 1. The molecule has 0 fully saturated rings. The summed E-state index contributed by atoms with van der Waals surface area (Å²) in [5, 5.41) is 17.6. The van der Waals surface area contributed by atoms with Gasteiger partial charge in [-0.05, 0) is 35.3 Å². The lowest BCUT2D eigenvalue weighted by molar-refractivity contribution is 0.0988. The van der Waals surface area contributed by atoms with Gasteiger partial charge in [-0.25, -0.2) is 0 Å². The zero-order valence-corrected chi connectivity index (χ0v) is 12.1. The summed E-state index contributed by atoms with van der Waals surface area (Å²) in [4.78, 5) is 14.7. The van der Waals surface area contributed by atoms with Gasteiger partial charge in [0.15, 0.2) is 11.6 Å². The quantitative estimate of drug-likeness (QED) is 0.243. The lowest BCUT2D eigenvalue weighted by Crippen LogP contribution is -2.47. The van der Waals surface area contributed by atoms with E-state index in [4.69, 9.17) is 10.9 Å². The summed E-state index contributed by atoms with van der Waals surface area (Å²) >= 11 is 0. The number of carbonyl (C=O) groups excluding carboxylic acids is 1. The first-order chi connectivity index (χ1) is 10.1. The van der Waals surface area contributed by atoms with Crippen molar-refractivity contribution in [1.82, 2.24) is 0 Å². The van der Waals surface area contributed by atoms with Crippen LogP contribution in [0.2, 0.25) is 0 Å². The number of rotatable bonds is 6. The Kier molecular flexibility index (Phi) is 4.14. The highest BCUT2D eigenvalue weighted by Gasteiger charge is 2.41. The smallest absolute Gasteiger partial charge is 0.197 e. The minimum absolute atomic E-state index is 0.0555. The number of fused-ring (bicyclic) bond motifs is 1. The van der Waals surface area contributed by atoms with E-state index < -0.39 is 5.79 Å². The SMILES string of the molecule is CCC(=O)c1ccc2c(c1)N[C@](N=[N+]=[N-])(C(C=N)CC)N2. The molecule has 21 heavy (non-hydrogen) atoms. The molecule has 0 amide bonds. The number of benzene rings is 1. The van der Waals surface area contributed by atoms with E-state index in [2.05, 4.69) is 20.7 Å². The first-order valence-corrected chi connectivity index (χ1v) is 6.90. The Morgan fingerprint density at radius 3 is 2.76 bits per heavy atom. The molecule has 2 rings (SSSR count). The molecule has 1 aliphatic rings. The lowest BCUT2D eigenvalue weighted by atomic mass is 10.00. The van der Waals surface area contributed by atoms with Crippen molar-refractivity contribution in [2.75, 3.05) is 10.6 Å². The maximum atomic E-state index is 11.8. The fraction of sp³-hybridized carbons (Fsp3) is 0.429. The van der Waals surface area contributed by atoms with Gasteiger partial charge >= 0.3 is 0 Å². The van der Waals surface area contributed by atoms with Gasteiger partial charge in [-0.1, -0.05) is 13.8 Å². The molecule has 0 saturated heterocycles. The van der Waals surface area contributed by atoms with Crippen LogP contribution in [0.1, 0.15) is 37.0 Å². The second-order valence-electron chi connectivity index (χ2n) is 4.92. The molecular formula is C14H18N6O. The summed E-state index contributed by atoms with van der Waals surface area (Å²) in [6.45, 7) is 3.73. The number of carbonyl (C=O) groups is 1. The van der Waals surface area contributed by atoms with Crippen LogP contribution in [-0.4, -0.2) is 17.8 Å². The monoisotopic (exact) mass is 286 g/mol. The maximum Gasteiger partial charge on any atom is 0.197 e. The summed E-state index contributed by atoms with van der Waals surface area (Å²) in [7, 11) is 0. The predicted molar refractivity (Wildman–Crippen MR) is 82.8 cm³/mol. The molecule has 1 aromatic rings. The molecule has 0 bridgehead atoms. The fourth-order valence-electron chi connectivity index (χ4n) is 2.49. The molecule has 110 valence electrons. The summed E-state index contributed by atoms with van der Waals surface area (Å²) in [5.41, 5.74) is 10.9. The zero-order chi connectivity index (χ0) is 15.5. The molecule has 0 radical (unpaired) electrons. The lowest BCUT2D eigenvalue weighted by Gasteiger charge is -2.31. The van der Waals surface area contributed by atoms with Gasteiger partial charge in [0.25, 0.3) is 0 Å². The minimum Gasteiger partial charge on any atom is -0.356 e. The van der Waals surface area contributed by atoms with Gasteiger partial charge in [-0.15, -0.1) is 0 Å². The third-order valence-corrected chi connectivity index (χ3v) is 3.69. The van der Waals surface area contributed by atoms with E-state index in [1.165, 1.54) is 6.21 Å². The summed E-state index contributed by atoms with van der Waals surface area (Å²) in [6, 6.07) is 5.28. The van der Waals surface area contributed by atoms with Crippen LogP contribution < -0.4 is 10.6 Å².